The molecule has 0 aliphatic rings. The third-order valence-electron chi connectivity index (χ3n) is 6.57. The summed E-state index contributed by atoms with van der Waals surface area (Å²) in [5.41, 5.74) is 0.757. The first-order valence-corrected chi connectivity index (χ1v) is 17.2. The minimum absolute atomic E-state index is 0.0134. The molecule has 1 atom stereocenters. The Bertz CT molecular complexity index is 1520. The summed E-state index contributed by atoms with van der Waals surface area (Å²) in [6.07, 6.45) is 1.90. The van der Waals surface area contributed by atoms with E-state index in [1.54, 1.807) is 68.4 Å². The molecule has 0 radical (unpaired) electrons. The predicted octanol–water partition coefficient (Wildman–Crippen LogP) is 6.50. The van der Waals surface area contributed by atoms with Crippen molar-refractivity contribution in [1.82, 2.24) is 10.2 Å². The van der Waals surface area contributed by atoms with Gasteiger partial charge >= 0.3 is 0 Å². The van der Waals surface area contributed by atoms with E-state index < -0.39 is 28.5 Å². The van der Waals surface area contributed by atoms with Crippen LogP contribution in [0, 0.1) is 5.92 Å². The highest BCUT2D eigenvalue weighted by Gasteiger charge is 2.34. The van der Waals surface area contributed by atoms with Crippen molar-refractivity contribution in [2.75, 3.05) is 30.3 Å². The van der Waals surface area contributed by atoms with E-state index in [0.717, 1.165) is 9.20 Å². The molecule has 3 aromatic rings. The number of sulfonamides is 1. The molecule has 12 heteroatoms. The molecule has 0 aromatic heterocycles. The first-order valence-electron chi connectivity index (χ1n) is 13.8. The second-order valence-corrected chi connectivity index (χ2v) is 13.7. The standard InChI is InChI=1S/C31H37Cl2N3O5S2/c1-6-41-29-10-8-7-9-28(29)36(43(39,40)26-15-13-25(42-5)14-16-26)20-30(37)35(22(4)31(38)34-18-21(2)3)19-23-11-12-24(32)17-27(23)33/h7-17,21-22H,6,18-20H2,1-5H3,(H,34,38)/t22-/m1/s1. The van der Waals surface area contributed by atoms with Gasteiger partial charge in [-0.15, -0.1) is 11.8 Å². The number of para-hydroxylation sites is 2. The Morgan fingerprint density at radius 3 is 2.28 bits per heavy atom. The Hall–Kier alpha value is -2.92. The van der Waals surface area contributed by atoms with Crippen molar-refractivity contribution in [3.05, 3.63) is 82.3 Å². The van der Waals surface area contributed by atoms with Gasteiger partial charge < -0.3 is 15.0 Å². The molecule has 0 unspecified atom stereocenters. The van der Waals surface area contributed by atoms with Gasteiger partial charge in [-0.25, -0.2) is 8.42 Å². The number of ether oxygens (including phenoxy) is 1. The number of carbonyl (C=O) groups excluding carboxylic acids is 2. The topological polar surface area (TPSA) is 96.0 Å². The van der Waals surface area contributed by atoms with E-state index in [-0.39, 0.29) is 35.6 Å². The summed E-state index contributed by atoms with van der Waals surface area (Å²) in [6, 6.07) is 17.0. The zero-order valence-electron chi connectivity index (χ0n) is 24.8. The molecule has 0 aliphatic carbocycles. The zero-order chi connectivity index (χ0) is 31.7. The lowest BCUT2D eigenvalue weighted by molar-refractivity contribution is -0.139. The van der Waals surface area contributed by atoms with E-state index in [9.17, 15) is 18.0 Å². The highest BCUT2D eigenvalue weighted by atomic mass is 35.5. The number of thioether (sulfide) groups is 1. The van der Waals surface area contributed by atoms with Crippen LogP contribution in [0.4, 0.5) is 5.69 Å². The molecule has 3 rings (SSSR count). The van der Waals surface area contributed by atoms with Crippen LogP contribution in [0.1, 0.15) is 33.3 Å². The van der Waals surface area contributed by atoms with E-state index in [2.05, 4.69) is 5.32 Å². The van der Waals surface area contributed by atoms with Crippen molar-refractivity contribution in [2.45, 2.75) is 50.1 Å². The van der Waals surface area contributed by atoms with Crippen LogP contribution >= 0.6 is 35.0 Å². The van der Waals surface area contributed by atoms with Crippen LogP contribution < -0.4 is 14.4 Å². The van der Waals surface area contributed by atoms with Crippen LogP contribution in [-0.4, -0.2) is 57.1 Å². The molecule has 3 aromatic carbocycles. The fourth-order valence-corrected chi connectivity index (χ4v) is 6.50. The van der Waals surface area contributed by atoms with Crippen LogP contribution in [0.2, 0.25) is 10.0 Å². The van der Waals surface area contributed by atoms with Gasteiger partial charge in [-0.2, -0.15) is 0 Å². The third-order valence-corrected chi connectivity index (χ3v) is 9.67. The van der Waals surface area contributed by atoms with Crippen molar-refractivity contribution in [3.8, 4) is 5.75 Å². The molecule has 0 heterocycles. The summed E-state index contributed by atoms with van der Waals surface area (Å²) >= 11 is 14.0. The predicted molar refractivity (Wildman–Crippen MR) is 175 cm³/mol. The molecule has 8 nitrogen and oxygen atoms in total. The molecule has 0 fully saturated rings. The number of nitrogens with zero attached hydrogens (tertiary/aromatic N) is 2. The zero-order valence-corrected chi connectivity index (χ0v) is 28.0. The number of amides is 2. The molecule has 1 N–H and O–H groups in total. The highest BCUT2D eigenvalue weighted by Crippen LogP contribution is 2.33. The summed E-state index contributed by atoms with van der Waals surface area (Å²) in [5, 5.41) is 3.61. The van der Waals surface area contributed by atoms with Crippen molar-refractivity contribution >= 4 is 62.5 Å². The molecule has 0 saturated carbocycles. The van der Waals surface area contributed by atoms with Crippen LogP contribution in [0.3, 0.4) is 0 Å². The minimum Gasteiger partial charge on any atom is -0.492 e. The second kappa shape index (κ2) is 15.7. The average molecular weight is 667 g/mol. The van der Waals surface area contributed by atoms with E-state index in [1.807, 2.05) is 20.1 Å². The first-order chi connectivity index (χ1) is 20.4. The van der Waals surface area contributed by atoms with Crippen LogP contribution in [0.25, 0.3) is 0 Å². The molecule has 2 amide bonds. The van der Waals surface area contributed by atoms with Gasteiger partial charge in [0.2, 0.25) is 11.8 Å². The highest BCUT2D eigenvalue weighted by molar-refractivity contribution is 7.98. The third kappa shape index (κ3) is 9.04. The quantitative estimate of drug-likeness (QED) is 0.198. The Balaban J connectivity index is 2.09. The van der Waals surface area contributed by atoms with Crippen molar-refractivity contribution in [1.29, 1.82) is 0 Å². The largest absolute Gasteiger partial charge is 0.492 e. The molecular weight excluding hydrogens is 629 g/mol. The molecule has 0 bridgehead atoms. The maximum atomic E-state index is 14.2. The number of carbonyl (C=O) groups is 2. The number of halogens is 2. The monoisotopic (exact) mass is 665 g/mol. The van der Waals surface area contributed by atoms with Crippen molar-refractivity contribution in [3.63, 3.8) is 0 Å². The van der Waals surface area contributed by atoms with Gasteiger partial charge in [-0.3, -0.25) is 13.9 Å². The summed E-state index contributed by atoms with van der Waals surface area (Å²) in [5.74, 6) is -0.478. The number of benzene rings is 3. The number of nitrogens with one attached hydrogen (secondary N) is 1. The normalized spacial score (nSPS) is 12.1. The lowest BCUT2D eigenvalue weighted by Crippen LogP contribution is -2.51. The molecule has 0 saturated heterocycles. The summed E-state index contributed by atoms with van der Waals surface area (Å²) < 4.78 is 35.1. The second-order valence-electron chi connectivity index (χ2n) is 10.2. The molecular formula is C31H37Cl2N3O5S2. The maximum Gasteiger partial charge on any atom is 0.264 e. The van der Waals surface area contributed by atoms with E-state index in [4.69, 9.17) is 27.9 Å². The Kier molecular flexibility index (Phi) is 12.6. The van der Waals surface area contributed by atoms with Gasteiger partial charge in [-0.1, -0.05) is 55.2 Å². The molecule has 0 spiro atoms. The fourth-order valence-electron chi connectivity index (χ4n) is 4.20. The summed E-state index contributed by atoms with van der Waals surface area (Å²) in [6.45, 7) is 7.38. The Labute approximate surface area is 268 Å². The lowest BCUT2D eigenvalue weighted by Gasteiger charge is -2.32. The number of anilines is 1. The van der Waals surface area contributed by atoms with Crippen molar-refractivity contribution < 1.29 is 22.7 Å². The molecule has 43 heavy (non-hydrogen) atoms. The van der Waals surface area contributed by atoms with Crippen LogP contribution in [0.5, 0.6) is 5.75 Å². The smallest absolute Gasteiger partial charge is 0.264 e. The molecule has 232 valence electrons. The molecule has 0 aliphatic heterocycles. The minimum atomic E-state index is -4.25. The SMILES string of the molecule is CCOc1ccccc1N(CC(=O)N(Cc1ccc(Cl)cc1Cl)[C@H](C)C(=O)NCC(C)C)S(=O)(=O)c1ccc(SC)cc1. The maximum absolute atomic E-state index is 14.2. The van der Waals surface area contributed by atoms with Gasteiger partial charge in [0.05, 0.1) is 17.2 Å². The van der Waals surface area contributed by atoms with Crippen LogP contribution in [-0.2, 0) is 26.2 Å². The average Bonchev–Trinajstić information content (AvgIpc) is 2.98. The van der Waals surface area contributed by atoms with Gasteiger partial charge in [0.15, 0.2) is 0 Å². The Morgan fingerprint density at radius 1 is 1.00 bits per heavy atom. The number of hydrogen-bond acceptors (Lipinski definition) is 6. The Morgan fingerprint density at radius 2 is 1.67 bits per heavy atom. The number of rotatable bonds is 14. The van der Waals surface area contributed by atoms with Crippen LogP contribution in [0.15, 0.2) is 76.5 Å². The lowest BCUT2D eigenvalue weighted by atomic mass is 10.1. The summed E-state index contributed by atoms with van der Waals surface area (Å²) in [4.78, 5) is 29.6. The van der Waals surface area contributed by atoms with Gasteiger partial charge in [0.1, 0.15) is 18.3 Å². The van der Waals surface area contributed by atoms with E-state index >= 15 is 0 Å². The van der Waals surface area contributed by atoms with Crippen molar-refractivity contribution in [2.24, 2.45) is 5.92 Å². The fraction of sp³-hybridized carbons (Fsp3) is 0.355. The number of hydrogen-bond donors (Lipinski definition) is 1. The van der Waals surface area contributed by atoms with Gasteiger partial charge in [-0.05, 0) is 80.1 Å². The van der Waals surface area contributed by atoms with E-state index in [1.165, 1.54) is 28.8 Å². The summed E-state index contributed by atoms with van der Waals surface area (Å²) in [7, 11) is -4.25. The van der Waals surface area contributed by atoms with Gasteiger partial charge in [0.25, 0.3) is 10.0 Å². The first kappa shape index (κ1) is 34.6. The van der Waals surface area contributed by atoms with Gasteiger partial charge in [0, 0.05) is 28.0 Å². The van der Waals surface area contributed by atoms with E-state index in [0.29, 0.717) is 27.9 Å².